The zero-order valence-corrected chi connectivity index (χ0v) is 8.65. The van der Waals surface area contributed by atoms with Gasteiger partial charge in [0.05, 0.1) is 6.61 Å². The van der Waals surface area contributed by atoms with Crippen molar-refractivity contribution in [1.82, 2.24) is 0 Å². The van der Waals surface area contributed by atoms with Gasteiger partial charge >= 0.3 is 0 Å². The number of aliphatic hydroxyl groups is 1. The third-order valence-electron chi connectivity index (χ3n) is 2.52. The van der Waals surface area contributed by atoms with Crippen LogP contribution in [0.1, 0.15) is 5.56 Å². The molecule has 2 nitrogen and oxygen atoms in total. The molecule has 82 valence electrons. The van der Waals surface area contributed by atoms with Crippen LogP contribution in [0.2, 0.25) is 0 Å². The first-order valence-electron chi connectivity index (χ1n) is 4.96. The molecule has 0 saturated carbocycles. The summed E-state index contributed by atoms with van der Waals surface area (Å²) in [5.41, 5.74) is 8.78. The van der Waals surface area contributed by atoms with Gasteiger partial charge in [0.25, 0.3) is 0 Å². The molecule has 0 aliphatic rings. The van der Waals surface area contributed by atoms with Gasteiger partial charge in [0.2, 0.25) is 0 Å². The van der Waals surface area contributed by atoms with Crippen LogP contribution in [0.3, 0.4) is 0 Å². The number of aliphatic hydroxyl groups excluding tert-OH is 1. The predicted molar refractivity (Wildman–Crippen MR) is 62.2 cm³/mol. The van der Waals surface area contributed by atoms with Gasteiger partial charge in [-0.2, -0.15) is 0 Å². The summed E-state index contributed by atoms with van der Waals surface area (Å²) in [5.74, 6) is -0.277. The molecule has 3 heteroatoms. The maximum Gasteiger partial charge on any atom is 0.123 e. The average molecular weight is 217 g/mol. The predicted octanol–water partition coefficient (Wildman–Crippen LogP) is 2.57. The summed E-state index contributed by atoms with van der Waals surface area (Å²) in [7, 11) is 0. The van der Waals surface area contributed by atoms with Crippen LogP contribution in [0.15, 0.2) is 42.5 Å². The number of rotatable bonds is 2. The Labute approximate surface area is 93.2 Å². The smallest absolute Gasteiger partial charge is 0.123 e. The van der Waals surface area contributed by atoms with E-state index < -0.39 is 0 Å². The third-order valence-corrected chi connectivity index (χ3v) is 2.52. The van der Waals surface area contributed by atoms with Crippen molar-refractivity contribution in [2.24, 2.45) is 0 Å². The maximum atomic E-state index is 12.8. The fraction of sp³-hybridized carbons (Fsp3) is 0.0769. The van der Waals surface area contributed by atoms with Crippen LogP contribution in [0.25, 0.3) is 11.1 Å². The summed E-state index contributed by atoms with van der Waals surface area (Å²) in [6, 6.07) is 11.6. The van der Waals surface area contributed by atoms with Crippen molar-refractivity contribution < 1.29 is 9.50 Å². The SMILES string of the molecule is Nc1c(CO)cccc1-c1ccc(F)cc1. The normalized spacial score (nSPS) is 10.4. The van der Waals surface area contributed by atoms with Gasteiger partial charge in [-0.3, -0.25) is 0 Å². The van der Waals surface area contributed by atoms with E-state index in [4.69, 9.17) is 10.8 Å². The van der Waals surface area contributed by atoms with Crippen molar-refractivity contribution in [3.8, 4) is 11.1 Å². The van der Waals surface area contributed by atoms with Crippen LogP contribution in [0.4, 0.5) is 10.1 Å². The van der Waals surface area contributed by atoms with Gasteiger partial charge in [-0.1, -0.05) is 30.3 Å². The van der Waals surface area contributed by atoms with Crippen LogP contribution in [0, 0.1) is 5.82 Å². The number of nitrogens with two attached hydrogens (primary N) is 1. The molecule has 2 aromatic rings. The van der Waals surface area contributed by atoms with Crippen molar-refractivity contribution in [2.75, 3.05) is 5.73 Å². The molecule has 2 aromatic carbocycles. The van der Waals surface area contributed by atoms with Gasteiger partial charge in [-0.15, -0.1) is 0 Å². The minimum absolute atomic E-state index is 0.0964. The highest BCUT2D eigenvalue weighted by Gasteiger charge is 2.06. The lowest BCUT2D eigenvalue weighted by molar-refractivity contribution is 0.282. The second kappa shape index (κ2) is 4.33. The third kappa shape index (κ3) is 1.90. The van der Waals surface area contributed by atoms with Crippen molar-refractivity contribution in [1.29, 1.82) is 0 Å². The molecule has 2 rings (SSSR count). The van der Waals surface area contributed by atoms with E-state index in [1.807, 2.05) is 12.1 Å². The molecule has 0 aromatic heterocycles. The minimum Gasteiger partial charge on any atom is -0.398 e. The highest BCUT2D eigenvalue weighted by molar-refractivity contribution is 5.78. The molecule has 0 bridgehead atoms. The lowest BCUT2D eigenvalue weighted by Crippen LogP contribution is -1.96. The summed E-state index contributed by atoms with van der Waals surface area (Å²) >= 11 is 0. The monoisotopic (exact) mass is 217 g/mol. The van der Waals surface area contributed by atoms with E-state index in [2.05, 4.69) is 0 Å². The van der Waals surface area contributed by atoms with Crippen LogP contribution < -0.4 is 5.73 Å². The fourth-order valence-corrected chi connectivity index (χ4v) is 1.63. The van der Waals surface area contributed by atoms with Gasteiger partial charge in [-0.25, -0.2) is 4.39 Å². The summed E-state index contributed by atoms with van der Waals surface area (Å²) in [6.07, 6.45) is 0. The largest absolute Gasteiger partial charge is 0.398 e. The second-order valence-corrected chi connectivity index (χ2v) is 3.54. The maximum absolute atomic E-state index is 12.8. The standard InChI is InChI=1S/C13H12FNO/c14-11-6-4-9(5-7-11)12-3-1-2-10(8-16)13(12)15/h1-7,16H,8,15H2. The van der Waals surface area contributed by atoms with E-state index in [0.717, 1.165) is 11.1 Å². The molecular weight excluding hydrogens is 205 g/mol. The number of hydrogen-bond donors (Lipinski definition) is 2. The number of hydrogen-bond acceptors (Lipinski definition) is 2. The second-order valence-electron chi connectivity index (χ2n) is 3.54. The number of benzene rings is 2. The summed E-state index contributed by atoms with van der Waals surface area (Å²) < 4.78 is 12.8. The average Bonchev–Trinajstić information content (AvgIpc) is 2.31. The first kappa shape index (κ1) is 10.6. The molecule has 0 saturated heterocycles. The Kier molecular flexibility index (Phi) is 2.88. The van der Waals surface area contributed by atoms with Crippen molar-refractivity contribution >= 4 is 5.69 Å². The quantitative estimate of drug-likeness (QED) is 0.759. The lowest BCUT2D eigenvalue weighted by atomic mass is 10.0. The molecule has 0 aliphatic carbocycles. The Bertz CT molecular complexity index is 494. The Hall–Kier alpha value is -1.87. The number of halogens is 1. The van der Waals surface area contributed by atoms with Crippen LogP contribution in [-0.4, -0.2) is 5.11 Å². The Morgan fingerprint density at radius 2 is 1.75 bits per heavy atom. The van der Waals surface area contributed by atoms with E-state index in [-0.39, 0.29) is 12.4 Å². The zero-order chi connectivity index (χ0) is 11.5. The van der Waals surface area contributed by atoms with Gasteiger partial charge in [0, 0.05) is 16.8 Å². The summed E-state index contributed by atoms with van der Waals surface area (Å²) in [6.45, 7) is -0.0964. The highest BCUT2D eigenvalue weighted by Crippen LogP contribution is 2.28. The van der Waals surface area contributed by atoms with Crippen LogP contribution in [0.5, 0.6) is 0 Å². The molecule has 0 aliphatic heterocycles. The molecule has 0 amide bonds. The van der Waals surface area contributed by atoms with Gasteiger partial charge < -0.3 is 10.8 Å². The van der Waals surface area contributed by atoms with E-state index in [1.54, 1.807) is 18.2 Å². The molecule has 0 spiro atoms. The van der Waals surface area contributed by atoms with Crippen LogP contribution in [-0.2, 0) is 6.61 Å². The topological polar surface area (TPSA) is 46.2 Å². The van der Waals surface area contributed by atoms with Gasteiger partial charge in [0.15, 0.2) is 0 Å². The number of para-hydroxylation sites is 1. The molecule has 0 atom stereocenters. The Morgan fingerprint density at radius 3 is 2.38 bits per heavy atom. The molecule has 16 heavy (non-hydrogen) atoms. The highest BCUT2D eigenvalue weighted by atomic mass is 19.1. The summed E-state index contributed by atoms with van der Waals surface area (Å²) in [4.78, 5) is 0. The number of anilines is 1. The van der Waals surface area contributed by atoms with E-state index in [9.17, 15) is 4.39 Å². The first-order valence-corrected chi connectivity index (χ1v) is 4.96. The van der Waals surface area contributed by atoms with Crippen molar-refractivity contribution in [2.45, 2.75) is 6.61 Å². The molecule has 0 fully saturated rings. The summed E-state index contributed by atoms with van der Waals surface area (Å²) in [5, 5.41) is 9.09. The van der Waals surface area contributed by atoms with E-state index in [0.29, 0.717) is 11.3 Å². The fourth-order valence-electron chi connectivity index (χ4n) is 1.63. The minimum atomic E-state index is -0.277. The molecule has 0 radical (unpaired) electrons. The van der Waals surface area contributed by atoms with E-state index in [1.165, 1.54) is 12.1 Å². The van der Waals surface area contributed by atoms with Gasteiger partial charge in [-0.05, 0) is 17.7 Å². The van der Waals surface area contributed by atoms with Crippen molar-refractivity contribution in [3.63, 3.8) is 0 Å². The Balaban J connectivity index is 2.51. The van der Waals surface area contributed by atoms with Crippen molar-refractivity contribution in [3.05, 3.63) is 53.8 Å². The lowest BCUT2D eigenvalue weighted by Gasteiger charge is -2.09. The van der Waals surface area contributed by atoms with Crippen LogP contribution >= 0.6 is 0 Å². The van der Waals surface area contributed by atoms with E-state index >= 15 is 0 Å². The number of nitrogen functional groups attached to an aromatic ring is 1. The molecule has 0 unspecified atom stereocenters. The van der Waals surface area contributed by atoms with Gasteiger partial charge in [0.1, 0.15) is 5.82 Å². The zero-order valence-electron chi connectivity index (χ0n) is 8.65. The Morgan fingerprint density at radius 1 is 1.06 bits per heavy atom. The molecule has 0 heterocycles. The molecule has 3 N–H and O–H groups in total. The molecular formula is C13H12FNO. The first-order chi connectivity index (χ1) is 7.72.